The van der Waals surface area contributed by atoms with Crippen molar-refractivity contribution in [2.45, 2.75) is 31.6 Å². The molecule has 1 aromatic carbocycles. The molecule has 1 aliphatic rings. The molecule has 1 heterocycles. The maximum atomic E-state index is 12.6. The molecule has 98 valence electrons. The lowest BCUT2D eigenvalue weighted by molar-refractivity contribution is -0.124. The Hall–Kier alpha value is -1.68. The first-order chi connectivity index (χ1) is 9.21. The Morgan fingerprint density at radius 2 is 2.05 bits per heavy atom. The topological polar surface area (TPSA) is 42.0 Å². The SMILES string of the molecule is Cc1csc(NC(=O)C2(c3ccccc3)CCC2)n1. The van der Waals surface area contributed by atoms with Crippen molar-refractivity contribution in [3.8, 4) is 0 Å². The molecule has 4 heteroatoms. The summed E-state index contributed by atoms with van der Waals surface area (Å²) in [5, 5.41) is 5.62. The van der Waals surface area contributed by atoms with E-state index < -0.39 is 0 Å². The standard InChI is InChI=1S/C15H16N2OS/c1-11-10-19-14(16-11)17-13(18)15(8-5-9-15)12-6-3-2-4-7-12/h2-4,6-7,10H,5,8-9H2,1H3,(H,16,17,18). The van der Waals surface area contributed by atoms with Crippen molar-refractivity contribution in [1.29, 1.82) is 0 Å². The van der Waals surface area contributed by atoms with E-state index in [0.717, 1.165) is 30.5 Å². The van der Waals surface area contributed by atoms with Crippen LogP contribution in [0.2, 0.25) is 0 Å². The van der Waals surface area contributed by atoms with E-state index in [1.807, 2.05) is 42.6 Å². The molecule has 3 nitrogen and oxygen atoms in total. The predicted molar refractivity (Wildman–Crippen MR) is 77.5 cm³/mol. The van der Waals surface area contributed by atoms with Crippen molar-refractivity contribution in [3.63, 3.8) is 0 Å². The summed E-state index contributed by atoms with van der Waals surface area (Å²) in [7, 11) is 0. The first-order valence-electron chi connectivity index (χ1n) is 6.50. The van der Waals surface area contributed by atoms with E-state index in [9.17, 15) is 4.79 Å². The Bertz CT molecular complexity index is 587. The molecule has 1 N–H and O–H groups in total. The second kappa shape index (κ2) is 4.78. The lowest BCUT2D eigenvalue weighted by atomic mass is 9.64. The Balaban J connectivity index is 1.84. The smallest absolute Gasteiger partial charge is 0.236 e. The maximum absolute atomic E-state index is 12.6. The number of benzene rings is 1. The number of amides is 1. The fourth-order valence-corrected chi connectivity index (χ4v) is 3.25. The molecule has 1 aliphatic carbocycles. The number of nitrogens with one attached hydrogen (secondary N) is 1. The number of hydrogen-bond acceptors (Lipinski definition) is 3. The lowest BCUT2D eigenvalue weighted by Gasteiger charge is -2.40. The van der Waals surface area contributed by atoms with E-state index in [1.165, 1.54) is 11.3 Å². The first kappa shape index (κ1) is 12.4. The molecule has 0 spiro atoms. The molecule has 1 amide bonds. The zero-order chi connectivity index (χ0) is 13.3. The fraction of sp³-hybridized carbons (Fsp3) is 0.333. The minimum absolute atomic E-state index is 0.0827. The van der Waals surface area contributed by atoms with E-state index in [2.05, 4.69) is 10.3 Å². The van der Waals surface area contributed by atoms with Crippen LogP contribution >= 0.6 is 11.3 Å². The largest absolute Gasteiger partial charge is 0.301 e. The normalized spacial score (nSPS) is 16.7. The van der Waals surface area contributed by atoms with Gasteiger partial charge in [-0.2, -0.15) is 0 Å². The van der Waals surface area contributed by atoms with Crippen LogP contribution < -0.4 is 5.32 Å². The Morgan fingerprint density at radius 3 is 2.58 bits per heavy atom. The molecular weight excluding hydrogens is 256 g/mol. The summed E-state index contributed by atoms with van der Waals surface area (Å²) in [5.74, 6) is 0.0827. The molecule has 0 saturated heterocycles. The number of aromatic nitrogens is 1. The van der Waals surface area contributed by atoms with E-state index in [-0.39, 0.29) is 11.3 Å². The number of carbonyl (C=O) groups is 1. The van der Waals surface area contributed by atoms with Gasteiger partial charge in [0.25, 0.3) is 0 Å². The zero-order valence-electron chi connectivity index (χ0n) is 10.8. The van der Waals surface area contributed by atoms with Gasteiger partial charge in [0.2, 0.25) is 5.91 Å². The number of anilines is 1. The molecule has 0 atom stereocenters. The number of hydrogen-bond donors (Lipinski definition) is 1. The molecule has 0 unspecified atom stereocenters. The Morgan fingerprint density at radius 1 is 1.32 bits per heavy atom. The highest BCUT2D eigenvalue weighted by Crippen LogP contribution is 2.44. The summed E-state index contributed by atoms with van der Waals surface area (Å²) in [6.45, 7) is 1.93. The zero-order valence-corrected chi connectivity index (χ0v) is 11.7. The van der Waals surface area contributed by atoms with Crippen LogP contribution in [0.25, 0.3) is 0 Å². The van der Waals surface area contributed by atoms with E-state index in [0.29, 0.717) is 5.13 Å². The molecule has 2 aromatic rings. The van der Waals surface area contributed by atoms with Gasteiger partial charge in [-0.05, 0) is 25.3 Å². The van der Waals surface area contributed by atoms with Gasteiger partial charge in [-0.15, -0.1) is 11.3 Å². The third-order valence-electron chi connectivity index (χ3n) is 3.81. The summed E-state index contributed by atoms with van der Waals surface area (Å²) in [6.07, 6.45) is 2.96. The van der Waals surface area contributed by atoms with Crippen molar-refractivity contribution < 1.29 is 4.79 Å². The van der Waals surface area contributed by atoms with Gasteiger partial charge in [-0.1, -0.05) is 36.8 Å². The number of thiazole rings is 1. The highest BCUT2D eigenvalue weighted by molar-refractivity contribution is 7.13. The highest BCUT2D eigenvalue weighted by Gasteiger charge is 2.45. The maximum Gasteiger partial charge on any atom is 0.236 e. The quantitative estimate of drug-likeness (QED) is 0.929. The second-order valence-electron chi connectivity index (χ2n) is 5.05. The van der Waals surface area contributed by atoms with Gasteiger partial charge in [0, 0.05) is 5.38 Å². The van der Waals surface area contributed by atoms with Gasteiger partial charge in [0.15, 0.2) is 5.13 Å². The average Bonchev–Trinajstić information content (AvgIpc) is 2.75. The summed E-state index contributed by atoms with van der Waals surface area (Å²) in [4.78, 5) is 16.9. The van der Waals surface area contributed by atoms with Gasteiger partial charge in [0.05, 0.1) is 11.1 Å². The summed E-state index contributed by atoms with van der Waals surface area (Å²) in [5.41, 5.74) is 1.72. The summed E-state index contributed by atoms with van der Waals surface area (Å²) in [6, 6.07) is 10.1. The minimum Gasteiger partial charge on any atom is -0.301 e. The van der Waals surface area contributed by atoms with Crippen LogP contribution in [-0.4, -0.2) is 10.9 Å². The molecule has 0 radical (unpaired) electrons. The number of carbonyl (C=O) groups excluding carboxylic acids is 1. The second-order valence-corrected chi connectivity index (χ2v) is 5.91. The average molecular weight is 272 g/mol. The Kier molecular flexibility index (Phi) is 3.11. The molecule has 0 bridgehead atoms. The number of rotatable bonds is 3. The van der Waals surface area contributed by atoms with Gasteiger partial charge in [-0.3, -0.25) is 4.79 Å². The van der Waals surface area contributed by atoms with Crippen molar-refractivity contribution in [2.24, 2.45) is 0 Å². The third kappa shape index (κ3) is 2.16. The van der Waals surface area contributed by atoms with Crippen LogP contribution in [0.5, 0.6) is 0 Å². The van der Waals surface area contributed by atoms with Crippen LogP contribution in [0.15, 0.2) is 35.7 Å². The van der Waals surface area contributed by atoms with Crippen molar-refractivity contribution in [2.75, 3.05) is 5.32 Å². The lowest BCUT2D eigenvalue weighted by Crippen LogP contribution is -2.45. The molecule has 0 aliphatic heterocycles. The van der Waals surface area contributed by atoms with Gasteiger partial charge >= 0.3 is 0 Å². The van der Waals surface area contributed by atoms with E-state index >= 15 is 0 Å². The fourth-order valence-electron chi connectivity index (χ4n) is 2.56. The number of aryl methyl sites for hydroxylation is 1. The molecule has 1 fully saturated rings. The molecule has 3 rings (SSSR count). The Labute approximate surface area is 116 Å². The summed E-state index contributed by atoms with van der Waals surface area (Å²) >= 11 is 1.48. The van der Waals surface area contributed by atoms with Gasteiger partial charge < -0.3 is 5.32 Å². The molecular formula is C15H16N2OS. The van der Waals surface area contributed by atoms with Crippen molar-refractivity contribution >= 4 is 22.4 Å². The van der Waals surface area contributed by atoms with Gasteiger partial charge in [-0.25, -0.2) is 4.98 Å². The number of nitrogens with zero attached hydrogens (tertiary/aromatic N) is 1. The van der Waals surface area contributed by atoms with Crippen LogP contribution in [0, 0.1) is 6.92 Å². The van der Waals surface area contributed by atoms with Crippen molar-refractivity contribution in [3.05, 3.63) is 47.0 Å². The van der Waals surface area contributed by atoms with Crippen molar-refractivity contribution in [1.82, 2.24) is 4.98 Å². The van der Waals surface area contributed by atoms with Crippen LogP contribution in [-0.2, 0) is 10.2 Å². The predicted octanol–water partition coefficient (Wildman–Crippen LogP) is 3.51. The summed E-state index contributed by atoms with van der Waals surface area (Å²) < 4.78 is 0. The van der Waals surface area contributed by atoms with E-state index in [1.54, 1.807) is 0 Å². The first-order valence-corrected chi connectivity index (χ1v) is 7.38. The van der Waals surface area contributed by atoms with E-state index in [4.69, 9.17) is 0 Å². The minimum atomic E-state index is -0.346. The van der Waals surface area contributed by atoms with Crippen LogP contribution in [0.1, 0.15) is 30.5 Å². The molecule has 1 aromatic heterocycles. The van der Waals surface area contributed by atoms with Gasteiger partial charge in [0.1, 0.15) is 0 Å². The molecule has 19 heavy (non-hydrogen) atoms. The highest BCUT2D eigenvalue weighted by atomic mass is 32.1. The van der Waals surface area contributed by atoms with Crippen LogP contribution in [0.3, 0.4) is 0 Å². The third-order valence-corrected chi connectivity index (χ3v) is 4.68. The monoisotopic (exact) mass is 272 g/mol. The van der Waals surface area contributed by atoms with Crippen LogP contribution in [0.4, 0.5) is 5.13 Å². The molecule has 1 saturated carbocycles.